The van der Waals surface area contributed by atoms with Gasteiger partial charge in [0.15, 0.2) is 0 Å². The molecule has 0 aliphatic carbocycles. The van der Waals surface area contributed by atoms with Crippen molar-refractivity contribution in [3.05, 3.63) is 53.8 Å². The van der Waals surface area contributed by atoms with Gasteiger partial charge in [-0.05, 0) is 43.5 Å². The van der Waals surface area contributed by atoms with Crippen molar-refractivity contribution in [2.75, 3.05) is 32.1 Å². The molecule has 0 bridgehead atoms. The quantitative estimate of drug-likeness (QED) is 0.731. The van der Waals surface area contributed by atoms with Crippen molar-refractivity contribution >= 4 is 27.6 Å². The summed E-state index contributed by atoms with van der Waals surface area (Å²) in [6, 6.07) is 11.5. The first kappa shape index (κ1) is 19.5. The lowest BCUT2D eigenvalue weighted by Crippen LogP contribution is -2.32. The molecule has 1 heterocycles. The third kappa shape index (κ3) is 4.36. The number of halogens is 1. The second kappa shape index (κ2) is 8.19. The van der Waals surface area contributed by atoms with E-state index < -0.39 is 10.0 Å². The number of hydrogen-bond donors (Lipinski definition) is 0. The zero-order chi connectivity index (χ0) is 19.4. The lowest BCUT2D eigenvalue weighted by molar-refractivity contribution is 0.519. The highest BCUT2D eigenvalue weighted by molar-refractivity contribution is 7.89. The second-order valence-corrected chi connectivity index (χ2v) is 8.89. The summed E-state index contributed by atoms with van der Waals surface area (Å²) in [5.41, 5.74) is 1.53. The first-order valence-electron chi connectivity index (χ1n) is 9.00. The third-order valence-corrected chi connectivity index (χ3v) is 6.50. The molecule has 0 atom stereocenters. The Bertz CT molecular complexity index is 936. The van der Waals surface area contributed by atoms with E-state index >= 15 is 0 Å². The van der Waals surface area contributed by atoms with Gasteiger partial charge in [0.25, 0.3) is 0 Å². The molecule has 1 saturated heterocycles. The van der Waals surface area contributed by atoms with Gasteiger partial charge < -0.3 is 4.90 Å². The summed E-state index contributed by atoms with van der Waals surface area (Å²) in [7, 11) is -0.590. The van der Waals surface area contributed by atoms with Gasteiger partial charge in [-0.2, -0.15) is 0 Å². The minimum Gasteiger partial charge on any atom is -0.370 e. The fourth-order valence-electron chi connectivity index (χ4n) is 3.11. The smallest absolute Gasteiger partial charge is 0.244 e. The standard InChI is InChI=1S/C20H24FN3O2S/c1-23(2)27(25,26)20-14-17(22-15-16-8-4-5-9-18(16)21)10-11-19(20)24-12-6-3-7-13-24/h4-5,8-11,14-15H,3,6-7,12-13H2,1-2H3. The van der Waals surface area contributed by atoms with E-state index in [1.54, 1.807) is 36.4 Å². The van der Waals surface area contributed by atoms with E-state index in [4.69, 9.17) is 0 Å². The van der Waals surface area contributed by atoms with Crippen LogP contribution in [-0.4, -0.2) is 46.1 Å². The van der Waals surface area contributed by atoms with Gasteiger partial charge in [0.1, 0.15) is 10.7 Å². The minimum atomic E-state index is -3.63. The molecular formula is C20H24FN3O2S. The molecule has 1 fully saturated rings. The van der Waals surface area contributed by atoms with E-state index in [1.807, 2.05) is 0 Å². The fraction of sp³-hybridized carbons (Fsp3) is 0.350. The van der Waals surface area contributed by atoms with Gasteiger partial charge in [-0.15, -0.1) is 0 Å². The number of hydrogen-bond acceptors (Lipinski definition) is 4. The first-order valence-corrected chi connectivity index (χ1v) is 10.4. The van der Waals surface area contributed by atoms with Gasteiger partial charge in [-0.1, -0.05) is 18.2 Å². The van der Waals surface area contributed by atoms with Gasteiger partial charge in [0, 0.05) is 39.0 Å². The van der Waals surface area contributed by atoms with Crippen molar-refractivity contribution in [3.63, 3.8) is 0 Å². The SMILES string of the molecule is CN(C)S(=O)(=O)c1cc(N=Cc2ccccc2F)ccc1N1CCCCC1. The second-order valence-electron chi connectivity index (χ2n) is 6.77. The van der Waals surface area contributed by atoms with Gasteiger partial charge in [0.05, 0.1) is 11.4 Å². The van der Waals surface area contributed by atoms with Crippen LogP contribution in [0.5, 0.6) is 0 Å². The van der Waals surface area contributed by atoms with Crippen LogP contribution in [0.25, 0.3) is 0 Å². The van der Waals surface area contributed by atoms with Crippen molar-refractivity contribution in [2.24, 2.45) is 4.99 Å². The van der Waals surface area contributed by atoms with Crippen molar-refractivity contribution in [1.82, 2.24) is 4.31 Å². The minimum absolute atomic E-state index is 0.234. The van der Waals surface area contributed by atoms with Crippen molar-refractivity contribution in [1.29, 1.82) is 0 Å². The lowest BCUT2D eigenvalue weighted by atomic mass is 10.1. The first-order chi connectivity index (χ1) is 12.9. The molecule has 0 radical (unpaired) electrons. The molecule has 7 heteroatoms. The average molecular weight is 389 g/mol. The molecule has 1 aliphatic heterocycles. The van der Waals surface area contributed by atoms with Crippen LogP contribution in [0, 0.1) is 5.82 Å². The van der Waals surface area contributed by atoms with Crippen LogP contribution in [-0.2, 0) is 10.0 Å². The van der Waals surface area contributed by atoms with E-state index in [0.29, 0.717) is 16.9 Å². The van der Waals surface area contributed by atoms with Crippen LogP contribution < -0.4 is 4.90 Å². The molecule has 1 aliphatic rings. The molecule has 144 valence electrons. The molecule has 0 saturated carbocycles. The summed E-state index contributed by atoms with van der Waals surface area (Å²) in [6.07, 6.45) is 4.68. The highest BCUT2D eigenvalue weighted by Gasteiger charge is 2.25. The molecule has 2 aromatic rings. The predicted octanol–water partition coefficient (Wildman–Crippen LogP) is 3.82. The number of rotatable bonds is 5. The Labute approximate surface area is 160 Å². The predicted molar refractivity (Wildman–Crippen MR) is 107 cm³/mol. The van der Waals surface area contributed by atoms with E-state index in [9.17, 15) is 12.8 Å². The van der Waals surface area contributed by atoms with Gasteiger partial charge in [0.2, 0.25) is 10.0 Å². The van der Waals surface area contributed by atoms with Gasteiger partial charge in [-0.25, -0.2) is 17.1 Å². The third-order valence-electron chi connectivity index (χ3n) is 4.66. The summed E-state index contributed by atoms with van der Waals surface area (Å²) in [5.74, 6) is -0.368. The van der Waals surface area contributed by atoms with Crippen molar-refractivity contribution in [3.8, 4) is 0 Å². The average Bonchev–Trinajstić information content (AvgIpc) is 2.67. The van der Waals surface area contributed by atoms with Crippen LogP contribution in [0.2, 0.25) is 0 Å². The van der Waals surface area contributed by atoms with Gasteiger partial charge in [-0.3, -0.25) is 4.99 Å². The Morgan fingerprint density at radius 2 is 1.78 bits per heavy atom. The van der Waals surface area contributed by atoms with Crippen molar-refractivity contribution in [2.45, 2.75) is 24.2 Å². The van der Waals surface area contributed by atoms with E-state index in [-0.39, 0.29) is 10.7 Å². The molecule has 0 amide bonds. The monoisotopic (exact) mass is 389 g/mol. The molecule has 0 N–H and O–H groups in total. The molecule has 5 nitrogen and oxygen atoms in total. The highest BCUT2D eigenvalue weighted by Crippen LogP contribution is 2.32. The Balaban J connectivity index is 2.01. The fourth-order valence-corrected chi connectivity index (χ4v) is 4.23. The van der Waals surface area contributed by atoms with Crippen LogP contribution in [0.1, 0.15) is 24.8 Å². The zero-order valence-electron chi connectivity index (χ0n) is 15.6. The summed E-state index contributed by atoms with van der Waals surface area (Å²) < 4.78 is 40.7. The Morgan fingerprint density at radius 3 is 2.44 bits per heavy atom. The number of sulfonamides is 1. The molecule has 2 aromatic carbocycles. The maximum absolute atomic E-state index is 13.8. The summed E-state index contributed by atoms with van der Waals surface area (Å²) in [5, 5.41) is 0. The molecule has 0 spiro atoms. The zero-order valence-corrected chi connectivity index (χ0v) is 16.4. The summed E-state index contributed by atoms with van der Waals surface area (Å²) in [4.78, 5) is 6.64. The van der Waals surface area contributed by atoms with Crippen LogP contribution in [0.3, 0.4) is 0 Å². The Hall–Kier alpha value is -2.25. The molecule has 27 heavy (non-hydrogen) atoms. The largest absolute Gasteiger partial charge is 0.370 e. The number of anilines is 1. The Morgan fingerprint density at radius 1 is 1.07 bits per heavy atom. The van der Waals surface area contributed by atoms with Crippen LogP contribution in [0.15, 0.2) is 52.4 Å². The molecule has 0 unspecified atom stereocenters. The maximum Gasteiger partial charge on any atom is 0.244 e. The normalized spacial score (nSPS) is 15.6. The highest BCUT2D eigenvalue weighted by atomic mass is 32.2. The molecule has 0 aromatic heterocycles. The van der Waals surface area contributed by atoms with E-state index in [0.717, 1.165) is 32.4 Å². The van der Waals surface area contributed by atoms with E-state index in [1.165, 1.54) is 30.7 Å². The molecule has 3 rings (SSSR count). The number of nitrogens with zero attached hydrogens (tertiary/aromatic N) is 3. The Kier molecular flexibility index (Phi) is 5.92. The number of aliphatic imine (C=N–C) groups is 1. The summed E-state index contributed by atoms with van der Waals surface area (Å²) >= 11 is 0. The maximum atomic E-state index is 13.8. The number of piperidine rings is 1. The lowest BCUT2D eigenvalue weighted by Gasteiger charge is -2.31. The number of benzene rings is 2. The van der Waals surface area contributed by atoms with Crippen LogP contribution >= 0.6 is 0 Å². The van der Waals surface area contributed by atoms with Crippen molar-refractivity contribution < 1.29 is 12.8 Å². The van der Waals surface area contributed by atoms with E-state index in [2.05, 4.69) is 9.89 Å². The topological polar surface area (TPSA) is 53.0 Å². The van der Waals surface area contributed by atoms with Crippen LogP contribution in [0.4, 0.5) is 15.8 Å². The molecular weight excluding hydrogens is 365 g/mol. The summed E-state index contributed by atoms with van der Waals surface area (Å²) in [6.45, 7) is 1.68. The van der Waals surface area contributed by atoms with Gasteiger partial charge >= 0.3 is 0 Å².